The van der Waals surface area contributed by atoms with Crippen LogP contribution in [0.3, 0.4) is 0 Å². The van der Waals surface area contributed by atoms with Crippen LogP contribution in [0.5, 0.6) is 0 Å². The first-order valence-electron chi connectivity index (χ1n) is 4.95. The molecule has 0 spiro atoms. The van der Waals surface area contributed by atoms with Crippen LogP contribution in [0.1, 0.15) is 34.1 Å². The van der Waals surface area contributed by atoms with Gasteiger partial charge in [-0.2, -0.15) is 0 Å². The topological polar surface area (TPSA) is 55.8 Å². The fourth-order valence-electron chi connectivity index (χ4n) is 0.825. The molecule has 0 aromatic carbocycles. The monoisotopic (exact) mass is 204 g/mol. The molecule has 84 valence electrons. The first-order valence-corrected chi connectivity index (χ1v) is 4.95. The highest BCUT2D eigenvalue weighted by Crippen LogP contribution is 2.10. The maximum atomic E-state index is 11.3. The highest BCUT2D eigenvalue weighted by Gasteiger charge is 2.29. The molecule has 0 bridgehead atoms. The molecule has 0 aliphatic carbocycles. The van der Waals surface area contributed by atoms with Gasteiger partial charge in [-0.3, -0.25) is 0 Å². The number of hydrogen-bond donors (Lipinski definition) is 1. The van der Waals surface area contributed by atoms with Gasteiger partial charge in [0, 0.05) is 6.61 Å². The van der Waals surface area contributed by atoms with E-state index in [9.17, 15) is 9.90 Å². The zero-order valence-electron chi connectivity index (χ0n) is 9.37. The van der Waals surface area contributed by atoms with E-state index < -0.39 is 11.6 Å². The lowest BCUT2D eigenvalue weighted by molar-refractivity contribution is -0.167. The lowest BCUT2D eigenvalue weighted by Gasteiger charge is -2.20. The second-order valence-electron chi connectivity index (χ2n) is 3.49. The number of carbonyl (C=O) groups is 1. The van der Waals surface area contributed by atoms with Crippen molar-refractivity contribution in [3.8, 4) is 0 Å². The van der Waals surface area contributed by atoms with Crippen LogP contribution in [0.2, 0.25) is 0 Å². The average molecular weight is 204 g/mol. The number of ether oxygens (including phenoxy) is 2. The third-order valence-electron chi connectivity index (χ3n) is 2.03. The maximum absolute atomic E-state index is 11.3. The molecule has 0 aliphatic rings. The van der Waals surface area contributed by atoms with Crippen molar-refractivity contribution < 1.29 is 19.4 Å². The van der Waals surface area contributed by atoms with Gasteiger partial charge in [-0.15, -0.1) is 0 Å². The zero-order valence-corrected chi connectivity index (χ0v) is 9.37. The Morgan fingerprint density at radius 3 is 2.50 bits per heavy atom. The van der Waals surface area contributed by atoms with Gasteiger partial charge in [0.2, 0.25) is 0 Å². The summed E-state index contributed by atoms with van der Waals surface area (Å²) in [4.78, 5) is 11.3. The minimum atomic E-state index is -1.38. The van der Waals surface area contributed by atoms with Crippen LogP contribution in [0.15, 0.2) is 0 Å². The number of esters is 1. The quantitative estimate of drug-likeness (QED) is 0.659. The van der Waals surface area contributed by atoms with Crippen molar-refractivity contribution in [3.05, 3.63) is 0 Å². The van der Waals surface area contributed by atoms with E-state index in [1.165, 1.54) is 6.92 Å². The molecule has 0 saturated carbocycles. The fraction of sp³-hybridized carbons (Fsp3) is 0.900. The van der Waals surface area contributed by atoms with Gasteiger partial charge in [-0.25, -0.2) is 4.79 Å². The summed E-state index contributed by atoms with van der Waals surface area (Å²) >= 11 is 0. The summed E-state index contributed by atoms with van der Waals surface area (Å²) in [7, 11) is 0. The molecule has 0 saturated heterocycles. The predicted molar refractivity (Wildman–Crippen MR) is 53.0 cm³/mol. The van der Waals surface area contributed by atoms with Crippen LogP contribution < -0.4 is 0 Å². The third-order valence-corrected chi connectivity index (χ3v) is 2.03. The Morgan fingerprint density at radius 2 is 2.07 bits per heavy atom. The summed E-state index contributed by atoms with van der Waals surface area (Å²) in [5.41, 5.74) is -1.38. The Kier molecular flexibility index (Phi) is 5.72. The van der Waals surface area contributed by atoms with Crippen molar-refractivity contribution in [2.45, 2.75) is 45.8 Å². The molecular weight excluding hydrogens is 184 g/mol. The zero-order chi connectivity index (χ0) is 11.2. The normalized spacial score (nSPS) is 17.2. The molecule has 14 heavy (non-hydrogen) atoms. The van der Waals surface area contributed by atoms with Crippen LogP contribution in [-0.4, -0.2) is 36.0 Å². The summed E-state index contributed by atoms with van der Waals surface area (Å²) in [6.45, 7) is 7.64. The Labute approximate surface area is 85.2 Å². The maximum Gasteiger partial charge on any atom is 0.337 e. The standard InChI is InChI=1S/C10H20O4/c1-5-10(4,12)9(11)14-7-8(3)13-6-2/h8,12H,5-7H2,1-4H3. The van der Waals surface area contributed by atoms with Gasteiger partial charge in [0.1, 0.15) is 6.61 Å². The van der Waals surface area contributed by atoms with Gasteiger partial charge >= 0.3 is 5.97 Å². The van der Waals surface area contributed by atoms with Crippen LogP contribution in [0, 0.1) is 0 Å². The van der Waals surface area contributed by atoms with E-state index in [-0.39, 0.29) is 12.7 Å². The van der Waals surface area contributed by atoms with Crippen LogP contribution in [-0.2, 0) is 14.3 Å². The van der Waals surface area contributed by atoms with E-state index in [1.54, 1.807) is 6.92 Å². The summed E-state index contributed by atoms with van der Waals surface area (Å²) < 4.78 is 10.1. The van der Waals surface area contributed by atoms with Crippen LogP contribution in [0.25, 0.3) is 0 Å². The molecule has 2 atom stereocenters. The first kappa shape index (κ1) is 13.4. The van der Waals surface area contributed by atoms with Gasteiger partial charge < -0.3 is 14.6 Å². The molecule has 0 amide bonds. The summed E-state index contributed by atoms with van der Waals surface area (Å²) in [5, 5.41) is 9.52. The second kappa shape index (κ2) is 5.98. The molecule has 0 rings (SSSR count). The number of rotatable bonds is 6. The average Bonchev–Trinajstić information content (AvgIpc) is 2.14. The molecule has 0 fully saturated rings. The number of hydrogen-bond acceptors (Lipinski definition) is 4. The summed E-state index contributed by atoms with van der Waals surface area (Å²) in [6, 6.07) is 0. The minimum Gasteiger partial charge on any atom is -0.461 e. The van der Waals surface area contributed by atoms with Crippen molar-refractivity contribution in [1.82, 2.24) is 0 Å². The van der Waals surface area contributed by atoms with Gasteiger partial charge in [0.25, 0.3) is 0 Å². The van der Waals surface area contributed by atoms with Gasteiger partial charge in [0.05, 0.1) is 6.10 Å². The Hall–Kier alpha value is -0.610. The summed E-state index contributed by atoms with van der Waals surface area (Å²) in [6.07, 6.45) is 0.214. The summed E-state index contributed by atoms with van der Waals surface area (Å²) in [5.74, 6) is -0.591. The van der Waals surface area contributed by atoms with E-state index >= 15 is 0 Å². The van der Waals surface area contributed by atoms with E-state index in [1.807, 2.05) is 13.8 Å². The Bertz CT molecular complexity index is 177. The van der Waals surface area contributed by atoms with Gasteiger partial charge in [0.15, 0.2) is 5.60 Å². The SMILES string of the molecule is CCOC(C)COC(=O)C(C)(O)CC. The number of aliphatic hydroxyl groups is 1. The predicted octanol–water partition coefficient (Wildman–Crippen LogP) is 1.12. The highest BCUT2D eigenvalue weighted by atomic mass is 16.6. The molecule has 0 aliphatic heterocycles. The molecule has 0 aromatic heterocycles. The largest absolute Gasteiger partial charge is 0.461 e. The van der Waals surface area contributed by atoms with Crippen molar-refractivity contribution in [3.63, 3.8) is 0 Å². The lowest BCUT2D eigenvalue weighted by atomic mass is 10.1. The minimum absolute atomic E-state index is 0.128. The van der Waals surface area contributed by atoms with E-state index in [2.05, 4.69) is 0 Å². The first-order chi connectivity index (χ1) is 6.44. The molecule has 1 N–H and O–H groups in total. The van der Waals surface area contributed by atoms with Gasteiger partial charge in [-0.1, -0.05) is 6.92 Å². The van der Waals surface area contributed by atoms with E-state index in [0.717, 1.165) is 0 Å². The molecule has 0 aromatic rings. The molecular formula is C10H20O4. The third kappa shape index (κ3) is 4.58. The Balaban J connectivity index is 3.85. The molecule has 2 unspecified atom stereocenters. The van der Waals surface area contributed by atoms with Crippen molar-refractivity contribution in [1.29, 1.82) is 0 Å². The van der Waals surface area contributed by atoms with Crippen molar-refractivity contribution in [2.75, 3.05) is 13.2 Å². The van der Waals surface area contributed by atoms with Crippen molar-refractivity contribution >= 4 is 5.97 Å². The molecule has 4 heteroatoms. The molecule has 0 radical (unpaired) electrons. The van der Waals surface area contributed by atoms with Gasteiger partial charge in [-0.05, 0) is 27.2 Å². The van der Waals surface area contributed by atoms with E-state index in [0.29, 0.717) is 13.0 Å². The van der Waals surface area contributed by atoms with E-state index in [4.69, 9.17) is 9.47 Å². The Morgan fingerprint density at radius 1 is 1.50 bits per heavy atom. The smallest absolute Gasteiger partial charge is 0.337 e. The highest BCUT2D eigenvalue weighted by molar-refractivity contribution is 5.78. The van der Waals surface area contributed by atoms with Crippen LogP contribution in [0.4, 0.5) is 0 Å². The fourth-order valence-corrected chi connectivity index (χ4v) is 0.825. The number of carbonyl (C=O) groups excluding carboxylic acids is 1. The van der Waals surface area contributed by atoms with Crippen LogP contribution >= 0.6 is 0 Å². The lowest BCUT2D eigenvalue weighted by Crippen LogP contribution is -2.37. The molecule has 0 heterocycles. The molecule has 4 nitrogen and oxygen atoms in total. The second-order valence-corrected chi connectivity index (χ2v) is 3.49. The van der Waals surface area contributed by atoms with Crippen molar-refractivity contribution in [2.24, 2.45) is 0 Å².